The maximum atomic E-state index is 6.10. The molecule has 0 aliphatic carbocycles. The minimum Gasteiger partial charge on any atom is -0.486 e. The fourth-order valence-corrected chi connectivity index (χ4v) is 3.29. The Morgan fingerprint density at radius 1 is 0.962 bits per heavy atom. The molecular weight excluding hydrogens is 320 g/mol. The van der Waals surface area contributed by atoms with E-state index in [1.807, 2.05) is 12.1 Å². The molecule has 4 aromatic rings. The molecule has 0 saturated carbocycles. The molecule has 1 unspecified atom stereocenters. The second kappa shape index (κ2) is 7.20. The molecule has 0 saturated heterocycles. The fourth-order valence-electron chi connectivity index (χ4n) is 3.29. The van der Waals surface area contributed by atoms with Crippen LogP contribution in [0.4, 0.5) is 0 Å². The number of hydrogen-bond acceptors (Lipinski definition) is 2. The first kappa shape index (κ1) is 16.6. The molecule has 0 aliphatic rings. The summed E-state index contributed by atoms with van der Waals surface area (Å²) in [6, 6.07) is 22.9. The van der Waals surface area contributed by atoms with Crippen LogP contribution < -0.4 is 4.74 Å². The molecule has 132 valence electrons. The van der Waals surface area contributed by atoms with Gasteiger partial charge in [0.1, 0.15) is 18.2 Å². The predicted octanol–water partition coefficient (Wildman–Crippen LogP) is 5.81. The van der Waals surface area contributed by atoms with Crippen molar-refractivity contribution >= 4 is 21.8 Å². The molecule has 0 N–H and O–H groups in total. The number of hydrogen-bond donors (Lipinski definition) is 0. The average Bonchev–Trinajstić information content (AvgIpc) is 3.03. The maximum Gasteiger partial charge on any atom is 0.148 e. The quantitative estimate of drug-likeness (QED) is 0.441. The SMILES string of the molecule is CCC(C)Cn1c(COc2ccc3ccccc3c2)nc2ccccc21. The molecule has 0 aliphatic heterocycles. The van der Waals surface area contributed by atoms with Gasteiger partial charge in [-0.2, -0.15) is 0 Å². The van der Waals surface area contributed by atoms with Crippen LogP contribution >= 0.6 is 0 Å². The van der Waals surface area contributed by atoms with Gasteiger partial charge >= 0.3 is 0 Å². The molecule has 3 nitrogen and oxygen atoms in total. The topological polar surface area (TPSA) is 27.1 Å². The predicted molar refractivity (Wildman–Crippen MR) is 107 cm³/mol. The van der Waals surface area contributed by atoms with E-state index in [4.69, 9.17) is 9.72 Å². The van der Waals surface area contributed by atoms with Gasteiger partial charge in [0, 0.05) is 6.54 Å². The second-order valence-electron chi connectivity index (χ2n) is 6.94. The van der Waals surface area contributed by atoms with Gasteiger partial charge in [-0.3, -0.25) is 0 Å². The highest BCUT2D eigenvalue weighted by molar-refractivity contribution is 5.83. The zero-order valence-electron chi connectivity index (χ0n) is 15.4. The van der Waals surface area contributed by atoms with Crippen LogP contribution in [0.5, 0.6) is 5.75 Å². The summed E-state index contributed by atoms with van der Waals surface area (Å²) in [6.45, 7) is 5.95. The number of para-hydroxylation sites is 2. The summed E-state index contributed by atoms with van der Waals surface area (Å²) < 4.78 is 8.41. The summed E-state index contributed by atoms with van der Waals surface area (Å²) in [5.74, 6) is 2.47. The Labute approximate surface area is 154 Å². The van der Waals surface area contributed by atoms with Crippen molar-refractivity contribution < 1.29 is 4.74 Å². The van der Waals surface area contributed by atoms with E-state index in [0.717, 1.165) is 30.1 Å². The lowest BCUT2D eigenvalue weighted by Crippen LogP contribution is -2.12. The Balaban J connectivity index is 1.62. The van der Waals surface area contributed by atoms with E-state index >= 15 is 0 Å². The van der Waals surface area contributed by atoms with Crippen molar-refractivity contribution in [2.45, 2.75) is 33.4 Å². The number of benzene rings is 3. The van der Waals surface area contributed by atoms with Gasteiger partial charge in [0.05, 0.1) is 11.0 Å². The molecule has 0 fully saturated rings. The van der Waals surface area contributed by atoms with Gasteiger partial charge in [-0.15, -0.1) is 0 Å². The third-order valence-corrected chi connectivity index (χ3v) is 5.01. The Morgan fingerprint density at radius 2 is 1.73 bits per heavy atom. The van der Waals surface area contributed by atoms with Crippen LogP contribution in [0, 0.1) is 5.92 Å². The highest BCUT2D eigenvalue weighted by atomic mass is 16.5. The summed E-state index contributed by atoms with van der Waals surface area (Å²) in [5.41, 5.74) is 2.22. The van der Waals surface area contributed by atoms with Crippen LogP contribution in [0.15, 0.2) is 66.7 Å². The summed E-state index contributed by atoms with van der Waals surface area (Å²) in [5, 5.41) is 2.42. The lowest BCUT2D eigenvalue weighted by Gasteiger charge is -2.14. The lowest BCUT2D eigenvalue weighted by atomic mass is 10.1. The third kappa shape index (κ3) is 3.30. The number of ether oxygens (including phenoxy) is 1. The smallest absolute Gasteiger partial charge is 0.148 e. The molecule has 0 radical (unpaired) electrons. The summed E-state index contributed by atoms with van der Waals surface area (Å²) in [7, 11) is 0. The van der Waals surface area contributed by atoms with E-state index in [0.29, 0.717) is 12.5 Å². The molecule has 1 heterocycles. The molecule has 3 aromatic carbocycles. The van der Waals surface area contributed by atoms with Crippen LogP contribution in [0.1, 0.15) is 26.1 Å². The molecule has 26 heavy (non-hydrogen) atoms. The number of fused-ring (bicyclic) bond motifs is 2. The minimum absolute atomic E-state index is 0.476. The zero-order chi connectivity index (χ0) is 17.9. The van der Waals surface area contributed by atoms with E-state index in [1.165, 1.54) is 16.3 Å². The minimum atomic E-state index is 0.476. The first-order valence-corrected chi connectivity index (χ1v) is 9.30. The lowest BCUT2D eigenvalue weighted by molar-refractivity contribution is 0.287. The van der Waals surface area contributed by atoms with Gasteiger partial charge in [0.15, 0.2) is 0 Å². The van der Waals surface area contributed by atoms with Crippen molar-refractivity contribution in [2.24, 2.45) is 5.92 Å². The van der Waals surface area contributed by atoms with Gasteiger partial charge in [-0.25, -0.2) is 4.98 Å². The number of imidazole rings is 1. The van der Waals surface area contributed by atoms with Crippen LogP contribution in [0.3, 0.4) is 0 Å². The summed E-state index contributed by atoms with van der Waals surface area (Å²) >= 11 is 0. The van der Waals surface area contributed by atoms with E-state index in [1.54, 1.807) is 0 Å². The molecular formula is C23H24N2O. The van der Waals surface area contributed by atoms with Crippen LogP contribution in [-0.4, -0.2) is 9.55 Å². The highest BCUT2D eigenvalue weighted by Gasteiger charge is 2.13. The number of aromatic nitrogens is 2. The molecule has 1 atom stereocenters. The van der Waals surface area contributed by atoms with Gasteiger partial charge in [-0.05, 0) is 41.0 Å². The van der Waals surface area contributed by atoms with Gasteiger partial charge in [0.2, 0.25) is 0 Å². The molecule has 0 bridgehead atoms. The molecule has 0 amide bonds. The zero-order valence-corrected chi connectivity index (χ0v) is 15.4. The number of rotatable bonds is 6. The van der Waals surface area contributed by atoms with E-state index in [-0.39, 0.29) is 0 Å². The maximum absolute atomic E-state index is 6.10. The fraction of sp³-hybridized carbons (Fsp3) is 0.261. The summed E-state index contributed by atoms with van der Waals surface area (Å²) in [4.78, 5) is 4.82. The van der Waals surface area contributed by atoms with Gasteiger partial charge in [-0.1, -0.05) is 62.7 Å². The average molecular weight is 344 g/mol. The first-order chi connectivity index (χ1) is 12.7. The Morgan fingerprint density at radius 3 is 2.58 bits per heavy atom. The normalized spacial score (nSPS) is 12.5. The third-order valence-electron chi connectivity index (χ3n) is 5.01. The Kier molecular flexibility index (Phi) is 4.61. The van der Waals surface area contributed by atoms with Crippen LogP contribution in [-0.2, 0) is 13.2 Å². The molecule has 3 heteroatoms. The van der Waals surface area contributed by atoms with Crippen molar-refractivity contribution in [3.05, 3.63) is 72.6 Å². The second-order valence-corrected chi connectivity index (χ2v) is 6.94. The van der Waals surface area contributed by atoms with Crippen molar-refractivity contribution in [1.82, 2.24) is 9.55 Å². The first-order valence-electron chi connectivity index (χ1n) is 9.30. The van der Waals surface area contributed by atoms with Crippen LogP contribution in [0.25, 0.3) is 21.8 Å². The van der Waals surface area contributed by atoms with Crippen molar-refractivity contribution in [3.8, 4) is 5.75 Å². The van der Waals surface area contributed by atoms with Gasteiger partial charge in [0.25, 0.3) is 0 Å². The molecule has 4 rings (SSSR count). The van der Waals surface area contributed by atoms with Gasteiger partial charge < -0.3 is 9.30 Å². The van der Waals surface area contributed by atoms with E-state index < -0.39 is 0 Å². The standard InChI is InChI=1S/C23H24N2O/c1-3-17(2)15-25-22-11-7-6-10-21(22)24-23(25)16-26-20-13-12-18-8-4-5-9-19(18)14-20/h4-14,17H,3,15-16H2,1-2H3. The monoisotopic (exact) mass is 344 g/mol. The number of nitrogens with zero attached hydrogens (tertiary/aromatic N) is 2. The van der Waals surface area contributed by atoms with Crippen molar-refractivity contribution in [3.63, 3.8) is 0 Å². The summed E-state index contributed by atoms with van der Waals surface area (Å²) in [6.07, 6.45) is 1.15. The molecule has 1 aromatic heterocycles. The molecule has 0 spiro atoms. The largest absolute Gasteiger partial charge is 0.486 e. The van der Waals surface area contributed by atoms with Crippen LogP contribution in [0.2, 0.25) is 0 Å². The van der Waals surface area contributed by atoms with Crippen molar-refractivity contribution in [2.75, 3.05) is 0 Å². The van der Waals surface area contributed by atoms with E-state index in [9.17, 15) is 0 Å². The van der Waals surface area contributed by atoms with E-state index in [2.05, 4.69) is 73.0 Å². The Bertz CT molecular complexity index is 1030. The van der Waals surface area contributed by atoms with Crippen molar-refractivity contribution in [1.29, 1.82) is 0 Å². The highest BCUT2D eigenvalue weighted by Crippen LogP contribution is 2.23. The Hall–Kier alpha value is -2.81.